The fourth-order valence-electron chi connectivity index (χ4n) is 6.64. The number of allylic oxidation sites excluding steroid dienone is 2. The van der Waals surface area contributed by atoms with Crippen molar-refractivity contribution in [2.24, 2.45) is 0 Å². The number of benzene rings is 3. The Morgan fingerprint density at radius 1 is 0.843 bits per heavy atom. The Labute approximate surface area is 302 Å². The molecule has 1 fully saturated rings. The van der Waals surface area contributed by atoms with E-state index < -0.39 is 17.7 Å². The van der Waals surface area contributed by atoms with Gasteiger partial charge in [0.2, 0.25) is 11.8 Å². The number of rotatable bonds is 14. The summed E-state index contributed by atoms with van der Waals surface area (Å²) in [6.07, 6.45) is 7.39. The largest absolute Gasteiger partial charge is 0.444 e. The van der Waals surface area contributed by atoms with Gasteiger partial charge in [0.25, 0.3) is 5.91 Å². The smallest absolute Gasteiger partial charge is 0.410 e. The van der Waals surface area contributed by atoms with E-state index in [0.717, 1.165) is 54.5 Å². The van der Waals surface area contributed by atoms with Crippen molar-refractivity contribution in [1.29, 1.82) is 0 Å². The number of carbonyl (C=O) groups is 4. The lowest BCUT2D eigenvalue weighted by molar-refractivity contribution is -0.128. The van der Waals surface area contributed by atoms with E-state index in [0.29, 0.717) is 38.0 Å². The third-order valence-corrected chi connectivity index (χ3v) is 9.29. The molecule has 1 N–H and O–H groups in total. The van der Waals surface area contributed by atoms with Gasteiger partial charge in [0.1, 0.15) is 11.6 Å². The minimum atomic E-state index is -0.885. The summed E-state index contributed by atoms with van der Waals surface area (Å²) in [5.41, 5.74) is 3.58. The van der Waals surface area contributed by atoms with Gasteiger partial charge in [0.15, 0.2) is 0 Å². The Hall–Kier alpha value is -4.92. The first kappa shape index (κ1) is 37.3. The Morgan fingerprint density at radius 2 is 1.53 bits per heavy atom. The first-order chi connectivity index (χ1) is 24.6. The molecule has 1 atom stereocenters. The molecule has 0 radical (unpaired) electrons. The topological polar surface area (TPSA) is 99.3 Å². The van der Waals surface area contributed by atoms with E-state index in [-0.39, 0.29) is 37.2 Å². The van der Waals surface area contributed by atoms with Crippen molar-refractivity contribution in [2.75, 3.05) is 26.2 Å². The van der Waals surface area contributed by atoms with Gasteiger partial charge in [-0.2, -0.15) is 0 Å². The van der Waals surface area contributed by atoms with Crippen molar-refractivity contribution in [2.45, 2.75) is 90.3 Å². The zero-order valence-corrected chi connectivity index (χ0v) is 30.3. The molecule has 0 saturated carbocycles. The predicted molar refractivity (Wildman–Crippen MR) is 200 cm³/mol. The highest BCUT2D eigenvalue weighted by Gasteiger charge is 2.33. The molecule has 4 amide bonds. The molecule has 1 heterocycles. The van der Waals surface area contributed by atoms with E-state index in [1.165, 1.54) is 0 Å². The van der Waals surface area contributed by atoms with Gasteiger partial charge in [-0.3, -0.25) is 14.4 Å². The van der Waals surface area contributed by atoms with Gasteiger partial charge < -0.3 is 24.8 Å². The quantitative estimate of drug-likeness (QED) is 0.188. The van der Waals surface area contributed by atoms with Crippen LogP contribution in [0.3, 0.4) is 0 Å². The molecule has 1 saturated heterocycles. The van der Waals surface area contributed by atoms with Crippen molar-refractivity contribution in [3.63, 3.8) is 0 Å². The zero-order chi connectivity index (χ0) is 36.2. The number of likely N-dealkylation sites (tertiary alicyclic amines) is 1. The monoisotopic (exact) mass is 692 g/mol. The molecule has 9 heteroatoms. The van der Waals surface area contributed by atoms with E-state index in [1.807, 2.05) is 111 Å². The molecule has 1 aliphatic heterocycles. The maximum atomic E-state index is 14.5. The Morgan fingerprint density at radius 3 is 2.16 bits per heavy atom. The van der Waals surface area contributed by atoms with Crippen LogP contribution < -0.4 is 5.32 Å². The molecule has 3 aromatic carbocycles. The van der Waals surface area contributed by atoms with Gasteiger partial charge in [0.05, 0.1) is 0 Å². The lowest BCUT2D eigenvalue weighted by Gasteiger charge is -2.34. The molecular weight excluding hydrogens is 640 g/mol. The van der Waals surface area contributed by atoms with Gasteiger partial charge >= 0.3 is 6.09 Å². The summed E-state index contributed by atoms with van der Waals surface area (Å²) in [4.78, 5) is 59.9. The van der Waals surface area contributed by atoms with E-state index in [9.17, 15) is 19.2 Å². The Balaban J connectivity index is 1.45. The van der Waals surface area contributed by atoms with Gasteiger partial charge in [-0.25, -0.2) is 4.79 Å². The van der Waals surface area contributed by atoms with Crippen LogP contribution in [0.5, 0.6) is 0 Å². The van der Waals surface area contributed by atoms with Crippen molar-refractivity contribution in [3.8, 4) is 11.1 Å². The molecule has 5 rings (SSSR count). The number of nitrogens with zero attached hydrogens (tertiary/aromatic N) is 3. The van der Waals surface area contributed by atoms with Gasteiger partial charge in [-0.15, -0.1) is 0 Å². The molecule has 0 spiro atoms. The van der Waals surface area contributed by atoms with Crippen molar-refractivity contribution < 1.29 is 23.9 Å². The molecule has 270 valence electrons. The third kappa shape index (κ3) is 11.0. The molecule has 1 aliphatic carbocycles. The van der Waals surface area contributed by atoms with Crippen LogP contribution in [0.2, 0.25) is 0 Å². The van der Waals surface area contributed by atoms with Crippen LogP contribution in [0.1, 0.15) is 88.1 Å². The fraction of sp³-hybridized carbons (Fsp3) is 0.429. The Kier molecular flexibility index (Phi) is 13.1. The van der Waals surface area contributed by atoms with Gasteiger partial charge in [-0.1, -0.05) is 78.9 Å². The van der Waals surface area contributed by atoms with E-state index in [2.05, 4.69) is 11.4 Å². The zero-order valence-electron chi connectivity index (χ0n) is 30.3. The summed E-state index contributed by atoms with van der Waals surface area (Å²) >= 11 is 0. The molecule has 9 nitrogen and oxygen atoms in total. The SMILES string of the molecule is CC(C)(C)OC(=O)N(CCC(C(=O)NC1=CCCCC1)N(CCCN1CCCC1=O)C(=O)c1ccc(-c2ccccc2)cc1)Cc1ccccc1. The summed E-state index contributed by atoms with van der Waals surface area (Å²) in [5.74, 6) is -0.428. The molecule has 3 aromatic rings. The summed E-state index contributed by atoms with van der Waals surface area (Å²) in [6.45, 7) is 7.44. The number of amides is 4. The van der Waals surface area contributed by atoms with Crippen LogP contribution in [0.25, 0.3) is 11.1 Å². The van der Waals surface area contributed by atoms with Gasteiger partial charge in [-0.05, 0) is 94.5 Å². The van der Waals surface area contributed by atoms with Crippen LogP contribution in [0.4, 0.5) is 4.79 Å². The highest BCUT2D eigenvalue weighted by Crippen LogP contribution is 2.23. The highest BCUT2D eigenvalue weighted by molar-refractivity contribution is 5.98. The summed E-state index contributed by atoms with van der Waals surface area (Å²) in [5, 5.41) is 3.14. The maximum Gasteiger partial charge on any atom is 0.410 e. The molecule has 51 heavy (non-hydrogen) atoms. The number of carbonyl (C=O) groups excluding carboxylic acids is 4. The maximum absolute atomic E-state index is 14.5. The standard InChI is InChI=1S/C42H52N4O5/c1-42(2,3)51-41(50)45(31-32-15-7-4-8-16-32)30-26-37(39(48)43-36-19-11-6-12-20-36)46(29-14-28-44-27-13-21-38(44)47)40(49)35-24-22-34(23-25-35)33-17-9-5-10-18-33/h4-5,7-10,15-19,22-25,37H,6,11-14,20-21,26-31H2,1-3H3,(H,43,48). The van der Waals surface area contributed by atoms with Crippen LogP contribution in [-0.4, -0.2) is 76.3 Å². The van der Waals surface area contributed by atoms with Crippen molar-refractivity contribution in [3.05, 3.63) is 108 Å². The van der Waals surface area contributed by atoms with Crippen LogP contribution >= 0.6 is 0 Å². The summed E-state index contributed by atoms with van der Waals surface area (Å²) < 4.78 is 5.80. The summed E-state index contributed by atoms with van der Waals surface area (Å²) in [7, 11) is 0. The molecule has 1 unspecified atom stereocenters. The second-order valence-electron chi connectivity index (χ2n) is 14.4. The van der Waals surface area contributed by atoms with Crippen molar-refractivity contribution >= 4 is 23.8 Å². The molecule has 0 bridgehead atoms. The minimum Gasteiger partial charge on any atom is -0.444 e. The lowest BCUT2D eigenvalue weighted by atomic mass is 10.0. The normalized spacial score (nSPS) is 15.2. The first-order valence-electron chi connectivity index (χ1n) is 18.3. The van der Waals surface area contributed by atoms with Gasteiger partial charge in [0, 0.05) is 50.4 Å². The van der Waals surface area contributed by atoms with Crippen LogP contribution in [0, 0.1) is 0 Å². The second kappa shape index (κ2) is 17.8. The van der Waals surface area contributed by atoms with Crippen LogP contribution in [-0.2, 0) is 20.9 Å². The van der Waals surface area contributed by atoms with E-state index >= 15 is 0 Å². The highest BCUT2D eigenvalue weighted by atomic mass is 16.6. The predicted octanol–water partition coefficient (Wildman–Crippen LogP) is 7.58. The minimum absolute atomic E-state index is 0.122. The van der Waals surface area contributed by atoms with E-state index in [4.69, 9.17) is 4.74 Å². The number of hydrogen-bond donors (Lipinski definition) is 1. The number of nitrogens with one attached hydrogen (secondary N) is 1. The van der Waals surface area contributed by atoms with E-state index in [1.54, 1.807) is 9.80 Å². The molecular formula is C42H52N4O5. The fourth-order valence-corrected chi connectivity index (χ4v) is 6.64. The average molecular weight is 693 g/mol. The first-order valence-corrected chi connectivity index (χ1v) is 18.3. The average Bonchev–Trinajstić information content (AvgIpc) is 3.54. The number of ether oxygens (including phenoxy) is 1. The lowest BCUT2D eigenvalue weighted by Crippen LogP contribution is -2.52. The second-order valence-corrected chi connectivity index (χ2v) is 14.4. The van der Waals surface area contributed by atoms with Crippen molar-refractivity contribution in [1.82, 2.24) is 20.0 Å². The molecule has 0 aromatic heterocycles. The third-order valence-electron chi connectivity index (χ3n) is 9.29. The number of hydrogen-bond acceptors (Lipinski definition) is 5. The molecule has 2 aliphatic rings. The summed E-state index contributed by atoms with van der Waals surface area (Å²) in [6, 6.07) is 26.2. The van der Waals surface area contributed by atoms with Crippen LogP contribution in [0.15, 0.2) is 96.7 Å². The Bertz CT molecular complexity index is 1650.